The fourth-order valence-corrected chi connectivity index (χ4v) is 4.58. The van der Waals surface area contributed by atoms with Gasteiger partial charge in [-0.25, -0.2) is 9.97 Å². The summed E-state index contributed by atoms with van der Waals surface area (Å²) in [6.45, 7) is 5.00. The van der Waals surface area contributed by atoms with Crippen LogP contribution in [0.5, 0.6) is 0 Å². The Labute approximate surface area is 125 Å². The molecule has 6 heteroatoms. The molecule has 0 saturated heterocycles. The third-order valence-electron chi connectivity index (χ3n) is 3.25. The van der Waals surface area contributed by atoms with Crippen molar-refractivity contribution in [3.63, 3.8) is 0 Å². The number of rotatable bonds is 2. The molecule has 0 fully saturated rings. The molecule has 0 spiro atoms. The minimum absolute atomic E-state index is 0.0884. The van der Waals surface area contributed by atoms with Gasteiger partial charge in [-0.05, 0) is 31.9 Å². The second-order valence-corrected chi connectivity index (χ2v) is 7.78. The van der Waals surface area contributed by atoms with Crippen molar-refractivity contribution in [3.8, 4) is 0 Å². The first-order valence-corrected chi connectivity index (χ1v) is 9.35. The largest absolute Gasteiger partial charge is 0.370 e. The molecule has 0 radical (unpaired) electrons. The summed E-state index contributed by atoms with van der Waals surface area (Å²) < 4.78 is 5.90. The van der Waals surface area contributed by atoms with Gasteiger partial charge in [-0.1, -0.05) is 11.8 Å². The quantitative estimate of drug-likeness (QED) is 0.476. The normalized spacial score (nSPS) is 17.7. The highest BCUT2D eigenvalue weighted by Gasteiger charge is 2.30. The minimum atomic E-state index is -0.0884. The first-order chi connectivity index (χ1) is 9.04. The first kappa shape index (κ1) is 13.7. The maximum absolute atomic E-state index is 5.90. The summed E-state index contributed by atoms with van der Waals surface area (Å²) in [5.74, 6) is 0. The molecule has 1 aliphatic rings. The molecule has 1 aliphatic heterocycles. The topological polar surface area (TPSA) is 35.0 Å². The molecule has 102 valence electrons. The van der Waals surface area contributed by atoms with Crippen molar-refractivity contribution < 1.29 is 4.74 Å². The standard InChI is InChI=1S/C13H16N2OS3/c1-13(2)5-7-8(6-16-13)19-11-9(7)10(17-3)14-12(15-11)18-4/h5-6H2,1-4H3. The van der Waals surface area contributed by atoms with Crippen molar-refractivity contribution in [1.29, 1.82) is 0 Å². The van der Waals surface area contributed by atoms with Crippen LogP contribution >= 0.6 is 34.9 Å². The summed E-state index contributed by atoms with van der Waals surface area (Å²) in [4.78, 5) is 11.7. The number of ether oxygens (including phenoxy) is 1. The van der Waals surface area contributed by atoms with E-state index in [9.17, 15) is 0 Å². The average molecular weight is 312 g/mol. The van der Waals surface area contributed by atoms with Crippen LogP contribution < -0.4 is 0 Å². The second kappa shape index (κ2) is 4.91. The number of thioether (sulfide) groups is 2. The van der Waals surface area contributed by atoms with Gasteiger partial charge in [0.2, 0.25) is 0 Å². The Kier molecular flexibility index (Phi) is 3.53. The Balaban J connectivity index is 2.25. The van der Waals surface area contributed by atoms with Gasteiger partial charge in [-0.2, -0.15) is 0 Å². The molecule has 0 aromatic carbocycles. The van der Waals surface area contributed by atoms with Crippen molar-refractivity contribution in [2.75, 3.05) is 12.5 Å². The lowest BCUT2D eigenvalue weighted by molar-refractivity contribution is -0.0379. The van der Waals surface area contributed by atoms with E-state index in [1.165, 1.54) is 15.8 Å². The van der Waals surface area contributed by atoms with Crippen LogP contribution in [0.4, 0.5) is 0 Å². The molecule has 3 nitrogen and oxygen atoms in total. The maximum atomic E-state index is 5.90. The highest BCUT2D eigenvalue weighted by molar-refractivity contribution is 7.99. The predicted octanol–water partition coefficient (Wildman–Crippen LogP) is 3.99. The lowest BCUT2D eigenvalue weighted by Gasteiger charge is -2.30. The average Bonchev–Trinajstić information content (AvgIpc) is 2.74. The molecule has 3 heterocycles. The van der Waals surface area contributed by atoms with Crippen LogP contribution in [0.25, 0.3) is 10.2 Å². The molecular weight excluding hydrogens is 296 g/mol. The monoisotopic (exact) mass is 312 g/mol. The number of thiophene rings is 1. The van der Waals surface area contributed by atoms with E-state index in [4.69, 9.17) is 4.74 Å². The van der Waals surface area contributed by atoms with Crippen LogP contribution in [0.15, 0.2) is 10.2 Å². The zero-order chi connectivity index (χ0) is 13.6. The molecule has 0 N–H and O–H groups in total. The Bertz CT molecular complexity index is 636. The van der Waals surface area contributed by atoms with Crippen LogP contribution in [0.2, 0.25) is 0 Å². The molecule has 2 aromatic rings. The Morgan fingerprint density at radius 1 is 1.21 bits per heavy atom. The Morgan fingerprint density at radius 2 is 2.00 bits per heavy atom. The van der Waals surface area contributed by atoms with Gasteiger partial charge in [0, 0.05) is 16.7 Å². The SMILES string of the molecule is CSc1nc(SC)c2c3c(sc2n1)COC(C)(C)C3. The summed E-state index contributed by atoms with van der Waals surface area (Å²) in [6.07, 6.45) is 5.04. The molecule has 0 saturated carbocycles. The van der Waals surface area contributed by atoms with Gasteiger partial charge < -0.3 is 4.74 Å². The third-order valence-corrected chi connectivity index (χ3v) is 5.58. The Morgan fingerprint density at radius 3 is 2.68 bits per heavy atom. The lowest BCUT2D eigenvalue weighted by atomic mass is 9.95. The van der Waals surface area contributed by atoms with Gasteiger partial charge in [-0.3, -0.25) is 0 Å². The molecular formula is C13H16N2OS3. The summed E-state index contributed by atoms with van der Waals surface area (Å²) >= 11 is 5.06. The van der Waals surface area contributed by atoms with E-state index >= 15 is 0 Å². The third kappa shape index (κ3) is 2.39. The van der Waals surface area contributed by atoms with Gasteiger partial charge in [0.25, 0.3) is 0 Å². The van der Waals surface area contributed by atoms with Crippen LogP contribution in [-0.4, -0.2) is 28.1 Å². The van der Waals surface area contributed by atoms with Crippen molar-refractivity contribution in [1.82, 2.24) is 9.97 Å². The predicted molar refractivity (Wildman–Crippen MR) is 83.5 cm³/mol. The van der Waals surface area contributed by atoms with Crippen LogP contribution in [0.3, 0.4) is 0 Å². The van der Waals surface area contributed by atoms with E-state index in [2.05, 4.69) is 30.1 Å². The maximum Gasteiger partial charge on any atom is 0.189 e. The smallest absolute Gasteiger partial charge is 0.189 e. The number of aromatic nitrogens is 2. The molecule has 0 bridgehead atoms. The van der Waals surface area contributed by atoms with Gasteiger partial charge >= 0.3 is 0 Å². The van der Waals surface area contributed by atoms with Gasteiger partial charge in [0.1, 0.15) is 9.86 Å². The molecule has 0 amide bonds. The van der Waals surface area contributed by atoms with E-state index < -0.39 is 0 Å². The minimum Gasteiger partial charge on any atom is -0.370 e. The van der Waals surface area contributed by atoms with Crippen molar-refractivity contribution in [2.45, 2.75) is 42.7 Å². The number of nitrogens with zero attached hydrogens (tertiary/aromatic N) is 2. The summed E-state index contributed by atoms with van der Waals surface area (Å²) in [6, 6.07) is 0. The molecule has 0 atom stereocenters. The zero-order valence-electron chi connectivity index (χ0n) is 11.4. The Hall–Kier alpha value is -0.300. The van der Waals surface area contributed by atoms with Crippen molar-refractivity contribution in [3.05, 3.63) is 10.4 Å². The second-order valence-electron chi connectivity index (χ2n) is 5.13. The fraction of sp³-hybridized carbons (Fsp3) is 0.538. The van der Waals surface area contributed by atoms with Crippen LogP contribution in [0.1, 0.15) is 24.3 Å². The molecule has 3 rings (SSSR count). The van der Waals surface area contributed by atoms with E-state index in [0.717, 1.165) is 21.4 Å². The lowest BCUT2D eigenvalue weighted by Crippen LogP contribution is -2.31. The number of hydrogen-bond donors (Lipinski definition) is 0. The van der Waals surface area contributed by atoms with E-state index in [1.807, 2.05) is 6.26 Å². The van der Waals surface area contributed by atoms with Gasteiger partial charge in [0.05, 0.1) is 12.2 Å². The van der Waals surface area contributed by atoms with E-state index in [1.54, 1.807) is 34.9 Å². The van der Waals surface area contributed by atoms with Crippen molar-refractivity contribution in [2.24, 2.45) is 0 Å². The molecule has 19 heavy (non-hydrogen) atoms. The van der Waals surface area contributed by atoms with Crippen LogP contribution in [0, 0.1) is 0 Å². The highest BCUT2D eigenvalue weighted by Crippen LogP contribution is 2.41. The van der Waals surface area contributed by atoms with Crippen LogP contribution in [-0.2, 0) is 17.8 Å². The summed E-state index contributed by atoms with van der Waals surface area (Å²) in [7, 11) is 0. The van der Waals surface area contributed by atoms with Gasteiger partial charge in [-0.15, -0.1) is 23.1 Å². The number of hydrogen-bond acceptors (Lipinski definition) is 6. The van der Waals surface area contributed by atoms with E-state index in [0.29, 0.717) is 6.61 Å². The molecule has 2 aromatic heterocycles. The summed E-state index contributed by atoms with van der Waals surface area (Å²) in [5.41, 5.74) is 1.31. The van der Waals surface area contributed by atoms with Gasteiger partial charge in [0.15, 0.2) is 5.16 Å². The van der Waals surface area contributed by atoms with Crippen molar-refractivity contribution >= 4 is 45.1 Å². The fourth-order valence-electron chi connectivity index (χ4n) is 2.33. The first-order valence-electron chi connectivity index (χ1n) is 6.08. The van der Waals surface area contributed by atoms with E-state index in [-0.39, 0.29) is 5.60 Å². The number of fused-ring (bicyclic) bond motifs is 3. The highest BCUT2D eigenvalue weighted by atomic mass is 32.2. The zero-order valence-corrected chi connectivity index (χ0v) is 13.9. The molecule has 0 unspecified atom stereocenters. The molecule has 0 aliphatic carbocycles. The summed E-state index contributed by atoms with van der Waals surface area (Å²) in [5, 5.41) is 3.21.